The molecule has 1 heterocycles. The van der Waals surface area contributed by atoms with Gasteiger partial charge in [-0.1, -0.05) is 30.5 Å². The lowest BCUT2D eigenvalue weighted by molar-refractivity contribution is -0.127. The van der Waals surface area contributed by atoms with Crippen LogP contribution in [0.1, 0.15) is 31.2 Å². The molecule has 1 spiro atoms. The van der Waals surface area contributed by atoms with E-state index >= 15 is 0 Å². The smallest absolute Gasteiger partial charge is 0.328 e. The fourth-order valence-corrected chi connectivity index (χ4v) is 3.10. The summed E-state index contributed by atoms with van der Waals surface area (Å²) in [7, 11) is 0. The van der Waals surface area contributed by atoms with Gasteiger partial charge in [0.15, 0.2) is 0 Å². The van der Waals surface area contributed by atoms with Crippen LogP contribution in [0.4, 0.5) is 10.5 Å². The molecule has 3 rings (SSSR count). The first-order valence-corrected chi connectivity index (χ1v) is 6.81. The van der Waals surface area contributed by atoms with Crippen molar-refractivity contribution in [3.63, 3.8) is 0 Å². The van der Waals surface area contributed by atoms with Gasteiger partial charge in [0.1, 0.15) is 0 Å². The van der Waals surface area contributed by atoms with Gasteiger partial charge in [-0.3, -0.25) is 4.79 Å². The Morgan fingerprint density at radius 1 is 1.11 bits per heavy atom. The molecule has 0 unspecified atom stereocenters. The van der Waals surface area contributed by atoms with Crippen molar-refractivity contribution in [3.05, 3.63) is 29.8 Å². The van der Waals surface area contributed by atoms with Crippen molar-refractivity contribution < 1.29 is 9.59 Å². The van der Waals surface area contributed by atoms with E-state index < -0.39 is 0 Å². The molecule has 0 radical (unpaired) electrons. The van der Waals surface area contributed by atoms with Gasteiger partial charge >= 0.3 is 6.03 Å². The Morgan fingerprint density at radius 2 is 1.74 bits per heavy atom. The van der Waals surface area contributed by atoms with Crippen LogP contribution in [0.5, 0.6) is 0 Å². The number of anilines is 1. The fourth-order valence-electron chi connectivity index (χ4n) is 3.10. The number of hydrogen-bond donors (Lipinski definition) is 1. The zero-order valence-electron chi connectivity index (χ0n) is 11.1. The van der Waals surface area contributed by atoms with Crippen LogP contribution in [-0.4, -0.2) is 18.5 Å². The molecule has 1 aromatic rings. The summed E-state index contributed by atoms with van der Waals surface area (Å²) in [5.41, 5.74) is 1.42. The number of aryl methyl sites for hydroxylation is 1. The van der Waals surface area contributed by atoms with E-state index in [9.17, 15) is 9.59 Å². The third-order valence-corrected chi connectivity index (χ3v) is 4.29. The summed E-state index contributed by atoms with van der Waals surface area (Å²) in [6.45, 7) is 2.48. The van der Waals surface area contributed by atoms with E-state index in [2.05, 4.69) is 5.32 Å². The van der Waals surface area contributed by atoms with Gasteiger partial charge in [0.2, 0.25) is 5.91 Å². The maximum atomic E-state index is 12.7. The van der Waals surface area contributed by atoms with Crippen LogP contribution >= 0.6 is 0 Å². The maximum Gasteiger partial charge on any atom is 0.328 e. The first-order chi connectivity index (χ1) is 9.12. The molecule has 3 amide bonds. The molecular weight excluding hydrogens is 240 g/mol. The molecule has 1 aliphatic heterocycles. The standard InChI is InChI=1S/C15H18N2O2/c1-11-4-6-12(7-5-11)17-13(18)15(8-2-3-9-15)10-16-14(17)19/h4-7H,2-3,8-10H2,1H3,(H,16,19). The van der Waals surface area contributed by atoms with Crippen molar-refractivity contribution >= 4 is 17.6 Å². The SMILES string of the molecule is Cc1ccc(N2C(=O)NCC3(CCCC3)C2=O)cc1. The van der Waals surface area contributed by atoms with Gasteiger partial charge in [-0.25, -0.2) is 9.69 Å². The predicted octanol–water partition coefficient (Wildman–Crippen LogP) is 2.61. The van der Waals surface area contributed by atoms with Crippen LogP contribution in [0, 0.1) is 12.3 Å². The Balaban J connectivity index is 1.96. The highest BCUT2D eigenvalue weighted by molar-refractivity contribution is 6.18. The maximum absolute atomic E-state index is 12.7. The molecule has 0 aromatic heterocycles. The number of nitrogens with zero attached hydrogens (tertiary/aromatic N) is 1. The highest BCUT2D eigenvalue weighted by Gasteiger charge is 2.49. The molecule has 1 aliphatic carbocycles. The molecule has 0 bridgehead atoms. The summed E-state index contributed by atoms with van der Waals surface area (Å²) >= 11 is 0. The molecular formula is C15H18N2O2. The van der Waals surface area contributed by atoms with Gasteiger partial charge in [0, 0.05) is 6.54 Å². The number of nitrogens with one attached hydrogen (secondary N) is 1. The Morgan fingerprint density at radius 3 is 2.37 bits per heavy atom. The van der Waals surface area contributed by atoms with Gasteiger partial charge in [-0.05, 0) is 31.9 Å². The van der Waals surface area contributed by atoms with E-state index in [0.29, 0.717) is 12.2 Å². The van der Waals surface area contributed by atoms with Crippen LogP contribution in [0.15, 0.2) is 24.3 Å². The molecule has 100 valence electrons. The minimum atomic E-state index is -0.362. The zero-order chi connectivity index (χ0) is 13.5. The van der Waals surface area contributed by atoms with Crippen molar-refractivity contribution in [2.75, 3.05) is 11.4 Å². The fraction of sp³-hybridized carbons (Fsp3) is 0.467. The van der Waals surface area contributed by atoms with Crippen molar-refractivity contribution in [2.45, 2.75) is 32.6 Å². The Kier molecular flexibility index (Phi) is 2.81. The Bertz CT molecular complexity index is 515. The van der Waals surface area contributed by atoms with Gasteiger partial charge in [0.25, 0.3) is 0 Å². The highest BCUT2D eigenvalue weighted by Crippen LogP contribution is 2.41. The van der Waals surface area contributed by atoms with E-state index in [0.717, 1.165) is 31.2 Å². The number of amides is 3. The summed E-state index contributed by atoms with van der Waals surface area (Å²) < 4.78 is 0. The third kappa shape index (κ3) is 1.91. The zero-order valence-corrected chi connectivity index (χ0v) is 11.1. The largest absolute Gasteiger partial charge is 0.336 e. The molecule has 1 saturated heterocycles. The van der Waals surface area contributed by atoms with Crippen molar-refractivity contribution in [2.24, 2.45) is 5.41 Å². The van der Waals surface area contributed by atoms with Gasteiger partial charge in [0.05, 0.1) is 11.1 Å². The van der Waals surface area contributed by atoms with Crippen LogP contribution in [0.25, 0.3) is 0 Å². The van der Waals surface area contributed by atoms with Gasteiger partial charge < -0.3 is 5.32 Å². The van der Waals surface area contributed by atoms with E-state index in [1.165, 1.54) is 4.90 Å². The van der Waals surface area contributed by atoms with E-state index in [1.54, 1.807) is 0 Å². The van der Waals surface area contributed by atoms with Crippen molar-refractivity contribution in [1.82, 2.24) is 5.32 Å². The summed E-state index contributed by atoms with van der Waals surface area (Å²) in [6.07, 6.45) is 3.91. The lowest BCUT2D eigenvalue weighted by Gasteiger charge is -2.38. The summed E-state index contributed by atoms with van der Waals surface area (Å²) in [6, 6.07) is 7.21. The molecule has 4 nitrogen and oxygen atoms in total. The molecule has 4 heteroatoms. The second-order valence-corrected chi connectivity index (χ2v) is 5.62. The quantitative estimate of drug-likeness (QED) is 0.841. The molecule has 1 N–H and O–H groups in total. The van der Waals surface area contributed by atoms with Crippen molar-refractivity contribution in [1.29, 1.82) is 0 Å². The summed E-state index contributed by atoms with van der Waals surface area (Å²) in [5, 5.41) is 2.87. The minimum absolute atomic E-state index is 0.0300. The number of rotatable bonds is 1. The van der Waals surface area contributed by atoms with Crippen molar-refractivity contribution in [3.8, 4) is 0 Å². The number of hydrogen-bond acceptors (Lipinski definition) is 2. The average molecular weight is 258 g/mol. The number of imide groups is 1. The molecule has 2 fully saturated rings. The summed E-state index contributed by atoms with van der Waals surface area (Å²) in [4.78, 5) is 26.0. The van der Waals surface area contributed by atoms with Crippen LogP contribution in [0.2, 0.25) is 0 Å². The van der Waals surface area contributed by atoms with Crippen LogP contribution in [-0.2, 0) is 4.79 Å². The average Bonchev–Trinajstić information content (AvgIpc) is 2.87. The molecule has 1 saturated carbocycles. The molecule has 2 aliphatic rings. The lowest BCUT2D eigenvalue weighted by atomic mass is 9.83. The normalized spacial score (nSPS) is 21.8. The topological polar surface area (TPSA) is 49.4 Å². The highest BCUT2D eigenvalue weighted by atomic mass is 16.2. The second-order valence-electron chi connectivity index (χ2n) is 5.62. The Hall–Kier alpha value is -1.84. The number of urea groups is 1. The van der Waals surface area contributed by atoms with Crippen LogP contribution in [0.3, 0.4) is 0 Å². The number of benzene rings is 1. The Labute approximate surface area is 112 Å². The second kappa shape index (κ2) is 4.37. The number of carbonyl (C=O) groups is 2. The number of carbonyl (C=O) groups excluding carboxylic acids is 2. The first kappa shape index (κ1) is 12.2. The van der Waals surface area contributed by atoms with E-state index in [1.807, 2.05) is 31.2 Å². The van der Waals surface area contributed by atoms with Gasteiger partial charge in [-0.2, -0.15) is 0 Å². The van der Waals surface area contributed by atoms with E-state index in [4.69, 9.17) is 0 Å². The monoisotopic (exact) mass is 258 g/mol. The minimum Gasteiger partial charge on any atom is -0.336 e. The lowest BCUT2D eigenvalue weighted by Crippen LogP contribution is -2.60. The third-order valence-electron chi connectivity index (χ3n) is 4.29. The summed E-state index contributed by atoms with van der Waals surface area (Å²) in [5.74, 6) is -0.0300. The molecule has 0 atom stereocenters. The van der Waals surface area contributed by atoms with Gasteiger partial charge in [-0.15, -0.1) is 0 Å². The predicted molar refractivity (Wildman–Crippen MR) is 73.0 cm³/mol. The molecule has 19 heavy (non-hydrogen) atoms. The molecule has 1 aromatic carbocycles. The van der Waals surface area contributed by atoms with Crippen LogP contribution < -0.4 is 10.2 Å². The first-order valence-electron chi connectivity index (χ1n) is 6.81. The van der Waals surface area contributed by atoms with E-state index in [-0.39, 0.29) is 17.4 Å².